The van der Waals surface area contributed by atoms with Gasteiger partial charge in [-0.3, -0.25) is 24.2 Å². The van der Waals surface area contributed by atoms with Crippen molar-refractivity contribution in [3.63, 3.8) is 0 Å². The first-order valence-corrected chi connectivity index (χ1v) is 12.2. The zero-order valence-electron chi connectivity index (χ0n) is 19.6. The fourth-order valence-electron chi connectivity index (χ4n) is 5.68. The average molecular weight is 448 g/mol. The van der Waals surface area contributed by atoms with E-state index in [4.69, 9.17) is 0 Å². The molecule has 5 amide bonds. The number of carbonyl (C=O) groups is 4. The summed E-state index contributed by atoms with van der Waals surface area (Å²) >= 11 is 0. The Kier molecular flexibility index (Phi) is 6.47. The topological polar surface area (TPSA) is 93.3 Å². The molecule has 178 valence electrons. The monoisotopic (exact) mass is 447 g/mol. The molecule has 4 fully saturated rings. The van der Waals surface area contributed by atoms with E-state index in [2.05, 4.69) is 10.2 Å². The number of imide groups is 1. The van der Waals surface area contributed by atoms with Gasteiger partial charge in [0, 0.05) is 38.1 Å². The summed E-state index contributed by atoms with van der Waals surface area (Å²) in [6.07, 6.45) is 4.44. The van der Waals surface area contributed by atoms with Crippen LogP contribution >= 0.6 is 0 Å². The van der Waals surface area contributed by atoms with Crippen molar-refractivity contribution < 1.29 is 19.2 Å². The van der Waals surface area contributed by atoms with Crippen molar-refractivity contribution in [1.82, 2.24) is 24.9 Å². The second kappa shape index (κ2) is 9.00. The van der Waals surface area contributed by atoms with E-state index in [0.29, 0.717) is 51.9 Å². The number of nitrogens with zero attached hydrogens (tertiary/aromatic N) is 4. The minimum atomic E-state index is -0.887. The summed E-state index contributed by atoms with van der Waals surface area (Å²) in [6, 6.07) is -0.607. The third-order valence-corrected chi connectivity index (χ3v) is 7.80. The highest BCUT2D eigenvalue weighted by Crippen LogP contribution is 2.33. The SMILES string of the molecule is CC(C)C(=O)N1CCC2(CC1)NC(=O)N(C1CCN(C(=O)C(C)N3CCCC3)CC1)C2=O. The van der Waals surface area contributed by atoms with E-state index in [1.807, 2.05) is 25.7 Å². The molecule has 1 atom stereocenters. The molecule has 0 aromatic rings. The van der Waals surface area contributed by atoms with E-state index in [9.17, 15) is 19.2 Å². The highest BCUT2D eigenvalue weighted by molar-refractivity contribution is 6.07. The highest BCUT2D eigenvalue weighted by Gasteiger charge is 2.54. The smallest absolute Gasteiger partial charge is 0.325 e. The zero-order valence-corrected chi connectivity index (χ0v) is 19.6. The molecule has 1 unspecified atom stereocenters. The van der Waals surface area contributed by atoms with Gasteiger partial charge in [-0.25, -0.2) is 4.79 Å². The van der Waals surface area contributed by atoms with E-state index in [-0.39, 0.29) is 41.8 Å². The van der Waals surface area contributed by atoms with Gasteiger partial charge < -0.3 is 15.1 Å². The average Bonchev–Trinajstić information content (AvgIpc) is 3.40. The summed E-state index contributed by atoms with van der Waals surface area (Å²) in [7, 11) is 0. The number of likely N-dealkylation sites (tertiary alicyclic amines) is 3. The summed E-state index contributed by atoms with van der Waals surface area (Å²) in [5.74, 6) is 0.0137. The number of urea groups is 1. The molecule has 4 aliphatic heterocycles. The second-order valence-electron chi connectivity index (χ2n) is 10.1. The van der Waals surface area contributed by atoms with Crippen molar-refractivity contribution in [2.24, 2.45) is 5.92 Å². The lowest BCUT2D eigenvalue weighted by Crippen LogP contribution is -2.57. The van der Waals surface area contributed by atoms with Gasteiger partial charge in [0.2, 0.25) is 11.8 Å². The molecular weight excluding hydrogens is 410 g/mol. The van der Waals surface area contributed by atoms with Crippen molar-refractivity contribution in [2.75, 3.05) is 39.3 Å². The summed E-state index contributed by atoms with van der Waals surface area (Å²) in [5.41, 5.74) is -0.887. The van der Waals surface area contributed by atoms with Crippen molar-refractivity contribution >= 4 is 23.8 Å². The highest BCUT2D eigenvalue weighted by atomic mass is 16.2. The molecule has 0 saturated carbocycles. The van der Waals surface area contributed by atoms with Gasteiger partial charge in [0.15, 0.2) is 0 Å². The number of carbonyl (C=O) groups excluding carboxylic acids is 4. The maximum atomic E-state index is 13.4. The molecule has 1 spiro atoms. The van der Waals surface area contributed by atoms with Crippen LogP contribution in [0.3, 0.4) is 0 Å². The minimum absolute atomic E-state index is 0.0736. The van der Waals surface area contributed by atoms with Gasteiger partial charge in [-0.05, 0) is 58.5 Å². The van der Waals surface area contributed by atoms with Gasteiger partial charge >= 0.3 is 6.03 Å². The van der Waals surface area contributed by atoms with Crippen LogP contribution in [0.25, 0.3) is 0 Å². The molecule has 9 nitrogen and oxygen atoms in total. The molecular formula is C23H37N5O4. The molecule has 0 aromatic heterocycles. The molecule has 4 rings (SSSR count). The largest absolute Gasteiger partial charge is 0.342 e. The molecule has 0 aromatic carbocycles. The van der Waals surface area contributed by atoms with Crippen LogP contribution in [0.1, 0.15) is 59.3 Å². The Balaban J connectivity index is 1.33. The minimum Gasteiger partial charge on any atom is -0.342 e. The van der Waals surface area contributed by atoms with Crippen LogP contribution in [0.5, 0.6) is 0 Å². The Hall–Kier alpha value is -2.16. The van der Waals surface area contributed by atoms with E-state index >= 15 is 0 Å². The maximum Gasteiger partial charge on any atom is 0.325 e. The Morgan fingerprint density at radius 3 is 2.00 bits per heavy atom. The molecule has 32 heavy (non-hydrogen) atoms. The molecule has 4 aliphatic rings. The first kappa shape index (κ1) is 23.0. The number of hydrogen-bond donors (Lipinski definition) is 1. The Labute approximate surface area is 190 Å². The molecule has 0 radical (unpaired) electrons. The van der Waals surface area contributed by atoms with Gasteiger partial charge in [0.05, 0.1) is 6.04 Å². The molecule has 4 heterocycles. The van der Waals surface area contributed by atoms with Crippen molar-refractivity contribution in [3.05, 3.63) is 0 Å². The number of piperidine rings is 2. The molecule has 0 aliphatic carbocycles. The van der Waals surface area contributed by atoms with E-state index in [1.54, 1.807) is 4.90 Å². The third kappa shape index (κ3) is 4.11. The summed E-state index contributed by atoms with van der Waals surface area (Å²) in [4.78, 5) is 58.7. The number of rotatable bonds is 4. The Morgan fingerprint density at radius 2 is 1.44 bits per heavy atom. The lowest BCUT2D eigenvalue weighted by atomic mass is 9.86. The van der Waals surface area contributed by atoms with E-state index in [0.717, 1.165) is 25.9 Å². The van der Waals surface area contributed by atoms with Crippen LogP contribution in [0.15, 0.2) is 0 Å². The number of hydrogen-bond acceptors (Lipinski definition) is 5. The van der Waals surface area contributed by atoms with Crippen LogP contribution in [0.4, 0.5) is 4.79 Å². The second-order valence-corrected chi connectivity index (χ2v) is 10.1. The maximum absolute atomic E-state index is 13.4. The summed E-state index contributed by atoms with van der Waals surface area (Å²) < 4.78 is 0. The Morgan fingerprint density at radius 1 is 0.875 bits per heavy atom. The molecule has 4 saturated heterocycles. The van der Waals surface area contributed by atoms with Gasteiger partial charge in [-0.1, -0.05) is 13.8 Å². The number of nitrogens with one attached hydrogen (secondary N) is 1. The summed E-state index contributed by atoms with van der Waals surface area (Å²) in [6.45, 7) is 9.81. The van der Waals surface area contributed by atoms with E-state index < -0.39 is 5.54 Å². The van der Waals surface area contributed by atoms with Crippen LogP contribution in [-0.2, 0) is 14.4 Å². The zero-order chi connectivity index (χ0) is 23.0. The van der Waals surface area contributed by atoms with Crippen LogP contribution < -0.4 is 5.32 Å². The fraction of sp³-hybridized carbons (Fsp3) is 0.826. The van der Waals surface area contributed by atoms with Gasteiger partial charge in [0.1, 0.15) is 5.54 Å². The van der Waals surface area contributed by atoms with E-state index in [1.165, 1.54) is 4.90 Å². The lowest BCUT2D eigenvalue weighted by Gasteiger charge is -2.39. The standard InChI is InChI=1S/C23H37N5O4/c1-16(2)19(29)27-14-8-23(9-15-27)21(31)28(22(32)24-23)18-6-12-26(13-7-18)20(30)17(3)25-10-4-5-11-25/h16-18H,4-15H2,1-3H3,(H,24,32). The van der Waals surface area contributed by atoms with Crippen molar-refractivity contribution in [1.29, 1.82) is 0 Å². The van der Waals surface area contributed by atoms with Crippen molar-refractivity contribution in [3.8, 4) is 0 Å². The van der Waals surface area contributed by atoms with Crippen LogP contribution in [0, 0.1) is 5.92 Å². The van der Waals surface area contributed by atoms with Gasteiger partial charge in [0.25, 0.3) is 5.91 Å². The first-order chi connectivity index (χ1) is 15.2. The molecule has 1 N–H and O–H groups in total. The van der Waals surface area contributed by atoms with Crippen LogP contribution in [0.2, 0.25) is 0 Å². The predicted octanol–water partition coefficient (Wildman–Crippen LogP) is 1.03. The quantitative estimate of drug-likeness (QED) is 0.650. The normalized spacial score (nSPS) is 25.7. The molecule has 0 bridgehead atoms. The van der Waals surface area contributed by atoms with Gasteiger partial charge in [-0.2, -0.15) is 0 Å². The lowest BCUT2D eigenvalue weighted by molar-refractivity contribution is -0.142. The fourth-order valence-corrected chi connectivity index (χ4v) is 5.68. The third-order valence-electron chi connectivity index (χ3n) is 7.80. The Bertz CT molecular complexity index is 762. The van der Waals surface area contributed by atoms with Gasteiger partial charge in [-0.15, -0.1) is 0 Å². The summed E-state index contributed by atoms with van der Waals surface area (Å²) in [5, 5.41) is 2.96. The first-order valence-electron chi connectivity index (χ1n) is 12.2. The predicted molar refractivity (Wildman–Crippen MR) is 119 cm³/mol. The molecule has 9 heteroatoms. The number of amides is 5. The van der Waals surface area contributed by atoms with Crippen LogP contribution in [-0.4, -0.2) is 100 Å². The van der Waals surface area contributed by atoms with Crippen molar-refractivity contribution in [2.45, 2.75) is 76.9 Å².